The number of pyridine rings is 1. The highest BCUT2D eigenvalue weighted by molar-refractivity contribution is 5.92. The Labute approximate surface area is 236 Å². The van der Waals surface area contributed by atoms with Crippen molar-refractivity contribution >= 4 is 17.0 Å². The molecule has 41 heavy (non-hydrogen) atoms. The number of nitrogens with zero attached hydrogens (tertiary/aromatic N) is 3. The molecule has 3 aromatic carbocycles. The van der Waals surface area contributed by atoms with E-state index in [2.05, 4.69) is 4.98 Å². The number of hydrogen-bond donors (Lipinski definition) is 2. The van der Waals surface area contributed by atoms with Crippen LogP contribution in [0.3, 0.4) is 0 Å². The Balaban J connectivity index is 1.40. The van der Waals surface area contributed by atoms with Gasteiger partial charge in [0.1, 0.15) is 18.2 Å². The summed E-state index contributed by atoms with van der Waals surface area (Å²) >= 11 is 0. The summed E-state index contributed by atoms with van der Waals surface area (Å²) in [4.78, 5) is 20.9. The molecule has 0 radical (unpaired) electrons. The van der Waals surface area contributed by atoms with Gasteiger partial charge in [0.15, 0.2) is 0 Å². The molecule has 2 N–H and O–H groups in total. The Morgan fingerprint density at radius 3 is 2.56 bits per heavy atom. The molecule has 9 heteroatoms. The highest BCUT2D eigenvalue weighted by Crippen LogP contribution is 2.27. The summed E-state index contributed by atoms with van der Waals surface area (Å²) in [6.45, 7) is 2.64. The number of methoxy groups -OCH3 is 1. The van der Waals surface area contributed by atoms with E-state index in [1.165, 1.54) is 12.1 Å². The van der Waals surface area contributed by atoms with Crippen LogP contribution < -0.4 is 4.74 Å². The van der Waals surface area contributed by atoms with Crippen LogP contribution in [0.1, 0.15) is 38.4 Å². The number of hydrogen-bond acceptors (Lipinski definition) is 6. The molecule has 0 aliphatic carbocycles. The van der Waals surface area contributed by atoms with Gasteiger partial charge in [-0.3, -0.25) is 0 Å². The molecule has 210 valence electrons. The predicted molar refractivity (Wildman–Crippen MR) is 152 cm³/mol. The summed E-state index contributed by atoms with van der Waals surface area (Å²) < 4.78 is 27.2. The molecule has 5 aromatic rings. The Bertz CT molecular complexity index is 1720. The van der Waals surface area contributed by atoms with Gasteiger partial charge < -0.3 is 24.3 Å². The average Bonchev–Trinajstić information content (AvgIpc) is 3.31. The Morgan fingerprint density at radius 2 is 1.80 bits per heavy atom. The number of ether oxygens (including phenoxy) is 2. The molecule has 0 saturated carbocycles. The number of aromatic carboxylic acids is 1. The molecule has 0 aliphatic heterocycles. The number of aliphatic hydroxyl groups excluding tert-OH is 1. The lowest BCUT2D eigenvalue weighted by Crippen LogP contribution is -2.10. The number of carbonyl (C=O) groups is 1. The fraction of sp³-hybridized carbons (Fsp3) is 0.219. The molecule has 0 unspecified atom stereocenters. The van der Waals surface area contributed by atoms with E-state index in [0.717, 1.165) is 22.5 Å². The van der Waals surface area contributed by atoms with Gasteiger partial charge in [-0.05, 0) is 60.0 Å². The molecule has 0 bridgehead atoms. The average molecular weight is 556 g/mol. The maximum atomic E-state index is 14.2. The minimum atomic E-state index is -1.00. The van der Waals surface area contributed by atoms with Gasteiger partial charge in [-0.1, -0.05) is 30.3 Å². The third kappa shape index (κ3) is 6.26. The van der Waals surface area contributed by atoms with E-state index in [0.29, 0.717) is 53.3 Å². The quantitative estimate of drug-likeness (QED) is 0.220. The summed E-state index contributed by atoms with van der Waals surface area (Å²) in [6, 6.07) is 21.0. The van der Waals surface area contributed by atoms with Gasteiger partial charge >= 0.3 is 5.97 Å². The molecule has 5 rings (SSSR count). The van der Waals surface area contributed by atoms with Crippen molar-refractivity contribution in [3.05, 3.63) is 112 Å². The van der Waals surface area contributed by atoms with E-state index in [1.807, 2.05) is 47.9 Å². The van der Waals surface area contributed by atoms with Crippen molar-refractivity contribution in [1.29, 1.82) is 0 Å². The molecular weight excluding hydrogens is 525 g/mol. The Hall–Kier alpha value is -4.60. The highest BCUT2D eigenvalue weighted by Gasteiger charge is 2.16. The van der Waals surface area contributed by atoms with E-state index in [4.69, 9.17) is 14.5 Å². The molecule has 0 aliphatic rings. The lowest BCUT2D eigenvalue weighted by molar-refractivity contribution is 0.0697. The maximum Gasteiger partial charge on any atom is 0.335 e. The van der Waals surface area contributed by atoms with Crippen LogP contribution in [0.2, 0.25) is 0 Å². The SMILES string of the molecule is COCCn1c(Cc2ccc(-c3cccc(OCc4ccc(C)cc4F)n3)cc2CO)nc2ccc(C(=O)O)cc21. The molecular formula is C32H30FN3O5. The van der Waals surface area contributed by atoms with Crippen LogP contribution in [-0.2, 0) is 30.9 Å². The van der Waals surface area contributed by atoms with Crippen LogP contribution in [0.5, 0.6) is 5.88 Å². The summed E-state index contributed by atoms with van der Waals surface area (Å²) in [5.41, 5.74) is 5.93. The monoisotopic (exact) mass is 555 g/mol. The van der Waals surface area contributed by atoms with Crippen LogP contribution >= 0.6 is 0 Å². The van der Waals surface area contributed by atoms with Crippen molar-refractivity contribution in [3.63, 3.8) is 0 Å². The third-order valence-electron chi connectivity index (χ3n) is 6.92. The molecule has 8 nitrogen and oxygen atoms in total. The summed E-state index contributed by atoms with van der Waals surface area (Å²) in [7, 11) is 1.61. The zero-order valence-corrected chi connectivity index (χ0v) is 22.8. The molecule has 0 saturated heterocycles. The van der Waals surface area contributed by atoms with Crippen molar-refractivity contribution in [2.24, 2.45) is 0 Å². The first-order valence-corrected chi connectivity index (χ1v) is 13.2. The number of aliphatic hydroxyl groups is 1. The van der Waals surface area contributed by atoms with Gasteiger partial charge in [0.25, 0.3) is 0 Å². The fourth-order valence-corrected chi connectivity index (χ4v) is 4.73. The second kappa shape index (κ2) is 12.3. The Morgan fingerprint density at radius 1 is 0.976 bits per heavy atom. The van der Waals surface area contributed by atoms with Crippen molar-refractivity contribution in [3.8, 4) is 17.1 Å². The summed E-state index contributed by atoms with van der Waals surface area (Å²) in [5.74, 6) is -0.220. The molecule has 2 heterocycles. The minimum Gasteiger partial charge on any atom is -0.478 e. The topological polar surface area (TPSA) is 107 Å². The zero-order valence-electron chi connectivity index (χ0n) is 22.8. The summed E-state index contributed by atoms with van der Waals surface area (Å²) in [5, 5.41) is 19.7. The van der Waals surface area contributed by atoms with Crippen LogP contribution in [-0.4, -0.2) is 44.4 Å². The van der Waals surface area contributed by atoms with Gasteiger partial charge in [0.2, 0.25) is 5.88 Å². The first kappa shape index (κ1) is 27.9. The van der Waals surface area contributed by atoms with Gasteiger partial charge in [-0.25, -0.2) is 19.2 Å². The highest BCUT2D eigenvalue weighted by atomic mass is 19.1. The van der Waals surface area contributed by atoms with Crippen LogP contribution in [0.4, 0.5) is 4.39 Å². The second-order valence-corrected chi connectivity index (χ2v) is 9.74. The number of carboxylic acids is 1. The maximum absolute atomic E-state index is 14.2. The van der Waals surface area contributed by atoms with Crippen molar-refractivity contribution in [2.45, 2.75) is 33.1 Å². The molecule has 0 amide bonds. The van der Waals surface area contributed by atoms with E-state index in [9.17, 15) is 19.4 Å². The number of halogens is 1. The van der Waals surface area contributed by atoms with Gasteiger partial charge in [0, 0.05) is 37.3 Å². The molecule has 0 spiro atoms. The number of benzene rings is 3. The van der Waals surface area contributed by atoms with E-state index >= 15 is 0 Å². The first-order valence-electron chi connectivity index (χ1n) is 13.2. The smallest absolute Gasteiger partial charge is 0.335 e. The van der Waals surface area contributed by atoms with Crippen LogP contribution in [0.25, 0.3) is 22.3 Å². The van der Waals surface area contributed by atoms with Crippen molar-refractivity contribution in [1.82, 2.24) is 14.5 Å². The lowest BCUT2D eigenvalue weighted by atomic mass is 9.99. The van der Waals surface area contributed by atoms with E-state index < -0.39 is 5.97 Å². The van der Waals surface area contributed by atoms with E-state index in [1.54, 1.807) is 31.4 Å². The van der Waals surface area contributed by atoms with Crippen LogP contribution in [0.15, 0.2) is 72.8 Å². The molecule has 0 fully saturated rings. The number of aryl methyl sites for hydroxylation is 1. The van der Waals surface area contributed by atoms with Crippen molar-refractivity contribution in [2.75, 3.05) is 13.7 Å². The van der Waals surface area contributed by atoms with E-state index in [-0.39, 0.29) is 24.6 Å². The van der Waals surface area contributed by atoms with Gasteiger partial charge in [-0.2, -0.15) is 0 Å². The number of fused-ring (bicyclic) bond motifs is 1. The normalized spacial score (nSPS) is 11.2. The summed E-state index contributed by atoms with van der Waals surface area (Å²) in [6.07, 6.45) is 0.426. The Kier molecular flexibility index (Phi) is 8.37. The zero-order chi connectivity index (χ0) is 28.9. The number of imidazole rings is 1. The number of rotatable bonds is 11. The van der Waals surface area contributed by atoms with Gasteiger partial charge in [0.05, 0.1) is 35.5 Å². The predicted octanol–water partition coefficient (Wildman–Crippen LogP) is 5.55. The second-order valence-electron chi connectivity index (χ2n) is 9.74. The minimum absolute atomic E-state index is 0.0570. The fourth-order valence-electron chi connectivity index (χ4n) is 4.73. The van der Waals surface area contributed by atoms with Gasteiger partial charge in [-0.15, -0.1) is 0 Å². The van der Waals surface area contributed by atoms with Crippen LogP contribution in [0, 0.1) is 12.7 Å². The third-order valence-corrected chi connectivity index (χ3v) is 6.92. The number of aromatic nitrogens is 3. The first-order chi connectivity index (χ1) is 19.9. The van der Waals surface area contributed by atoms with Crippen molar-refractivity contribution < 1.29 is 28.9 Å². The number of carboxylic acid groups (broad SMARTS) is 1. The lowest BCUT2D eigenvalue weighted by Gasteiger charge is -2.13. The standard InChI is InChI=1S/C32H30FN3O5/c1-20-6-7-24(26(33)14-20)19-41-31-5-3-4-27(35-31)22-9-8-21(25(15-22)18-37)17-30-34-28-11-10-23(32(38)39)16-29(28)36(30)12-13-40-2/h3-11,14-16,37H,12-13,17-19H2,1-2H3,(H,38,39). The molecule has 0 atom stereocenters. The molecule has 2 aromatic heterocycles. The largest absolute Gasteiger partial charge is 0.478 e.